The van der Waals surface area contributed by atoms with Crippen molar-refractivity contribution in [2.24, 2.45) is 5.92 Å². The van der Waals surface area contributed by atoms with Gasteiger partial charge in [0.1, 0.15) is 0 Å². The molecule has 134 valence electrons. The van der Waals surface area contributed by atoms with Crippen LogP contribution in [0.25, 0.3) is 0 Å². The van der Waals surface area contributed by atoms with Crippen LogP contribution in [0.4, 0.5) is 0 Å². The third-order valence-corrected chi connectivity index (χ3v) is 5.06. The minimum atomic E-state index is -0.184. The molecule has 0 aliphatic carbocycles. The van der Waals surface area contributed by atoms with E-state index >= 15 is 0 Å². The second kappa shape index (κ2) is 8.25. The van der Waals surface area contributed by atoms with Gasteiger partial charge in [0.05, 0.1) is 5.92 Å². The van der Waals surface area contributed by atoms with E-state index in [1.54, 1.807) is 11.0 Å². The van der Waals surface area contributed by atoms with Crippen molar-refractivity contribution < 1.29 is 9.59 Å². The summed E-state index contributed by atoms with van der Waals surface area (Å²) in [6.45, 7) is 9.03. The molecule has 6 nitrogen and oxygen atoms in total. The molecular weight excluding hydrogens is 316 g/mol. The number of pyridine rings is 1. The SMILES string of the molecule is C=CCN1CC(C(=O)N2CCN(CCc3ccncc3)CC2)CC1=O. The van der Waals surface area contributed by atoms with Crippen molar-refractivity contribution >= 4 is 11.8 Å². The Kier molecular flexibility index (Phi) is 5.81. The summed E-state index contributed by atoms with van der Waals surface area (Å²) in [5, 5.41) is 0. The predicted octanol–water partition coefficient (Wildman–Crippen LogP) is 0.803. The summed E-state index contributed by atoms with van der Waals surface area (Å²) in [6.07, 6.45) is 6.71. The Balaban J connectivity index is 1.43. The summed E-state index contributed by atoms with van der Waals surface area (Å²) >= 11 is 0. The molecule has 25 heavy (non-hydrogen) atoms. The van der Waals surface area contributed by atoms with E-state index in [0.717, 1.165) is 39.1 Å². The molecule has 1 atom stereocenters. The molecule has 2 fully saturated rings. The van der Waals surface area contributed by atoms with Crippen LogP contribution in [0, 0.1) is 5.92 Å². The summed E-state index contributed by atoms with van der Waals surface area (Å²) in [6, 6.07) is 4.10. The van der Waals surface area contributed by atoms with E-state index in [1.165, 1.54) is 5.56 Å². The molecule has 2 saturated heterocycles. The monoisotopic (exact) mass is 342 g/mol. The molecular formula is C19H26N4O2. The third kappa shape index (κ3) is 4.45. The van der Waals surface area contributed by atoms with Gasteiger partial charge in [0.15, 0.2) is 0 Å². The van der Waals surface area contributed by atoms with Gasteiger partial charge in [0.25, 0.3) is 0 Å². The van der Waals surface area contributed by atoms with Gasteiger partial charge in [-0.2, -0.15) is 0 Å². The van der Waals surface area contributed by atoms with Gasteiger partial charge in [0.2, 0.25) is 11.8 Å². The number of hydrogen-bond acceptors (Lipinski definition) is 4. The van der Waals surface area contributed by atoms with E-state index in [0.29, 0.717) is 19.5 Å². The molecule has 0 saturated carbocycles. The lowest BCUT2D eigenvalue weighted by molar-refractivity contribution is -0.137. The zero-order valence-electron chi connectivity index (χ0n) is 14.6. The molecule has 0 bridgehead atoms. The first-order chi connectivity index (χ1) is 12.2. The van der Waals surface area contributed by atoms with Crippen LogP contribution in [0.1, 0.15) is 12.0 Å². The lowest BCUT2D eigenvalue weighted by atomic mass is 10.1. The maximum atomic E-state index is 12.7. The molecule has 1 aromatic heterocycles. The number of carbonyl (C=O) groups excluding carboxylic acids is 2. The van der Waals surface area contributed by atoms with Gasteiger partial charge in [0, 0.05) is 64.6 Å². The van der Waals surface area contributed by atoms with Crippen molar-refractivity contribution in [2.45, 2.75) is 12.8 Å². The minimum absolute atomic E-state index is 0.0641. The van der Waals surface area contributed by atoms with Gasteiger partial charge >= 0.3 is 0 Å². The van der Waals surface area contributed by atoms with Crippen LogP contribution >= 0.6 is 0 Å². The van der Waals surface area contributed by atoms with Crippen LogP contribution in [0.15, 0.2) is 37.2 Å². The van der Waals surface area contributed by atoms with Gasteiger partial charge in [-0.05, 0) is 24.1 Å². The van der Waals surface area contributed by atoms with E-state index in [2.05, 4.69) is 16.5 Å². The highest BCUT2D eigenvalue weighted by atomic mass is 16.2. The van der Waals surface area contributed by atoms with Crippen LogP contribution < -0.4 is 0 Å². The highest BCUT2D eigenvalue weighted by molar-refractivity contribution is 5.89. The Morgan fingerprint density at radius 3 is 2.64 bits per heavy atom. The lowest BCUT2D eigenvalue weighted by Gasteiger charge is -2.35. The Morgan fingerprint density at radius 1 is 1.24 bits per heavy atom. The van der Waals surface area contributed by atoms with Crippen molar-refractivity contribution in [2.75, 3.05) is 45.8 Å². The van der Waals surface area contributed by atoms with Crippen LogP contribution in [-0.2, 0) is 16.0 Å². The standard InChI is InChI=1S/C19H26N4O2/c1-2-8-23-15-17(14-18(23)24)19(25)22-12-10-21(11-13-22)9-5-16-3-6-20-7-4-16/h2-4,6-7,17H,1,5,8-15H2. The molecule has 0 N–H and O–H groups in total. The number of piperazine rings is 1. The van der Waals surface area contributed by atoms with Gasteiger partial charge in [-0.25, -0.2) is 0 Å². The number of aromatic nitrogens is 1. The maximum Gasteiger partial charge on any atom is 0.228 e. The summed E-state index contributed by atoms with van der Waals surface area (Å²) in [4.78, 5) is 34.7. The fourth-order valence-corrected chi connectivity index (χ4v) is 3.56. The van der Waals surface area contributed by atoms with Crippen molar-refractivity contribution in [3.05, 3.63) is 42.7 Å². The van der Waals surface area contributed by atoms with Gasteiger partial charge < -0.3 is 9.80 Å². The van der Waals surface area contributed by atoms with E-state index in [-0.39, 0.29) is 17.7 Å². The molecule has 3 rings (SSSR count). The van der Waals surface area contributed by atoms with E-state index in [4.69, 9.17) is 0 Å². The molecule has 0 radical (unpaired) electrons. The summed E-state index contributed by atoms with van der Waals surface area (Å²) < 4.78 is 0. The fraction of sp³-hybridized carbons (Fsp3) is 0.526. The smallest absolute Gasteiger partial charge is 0.228 e. The van der Waals surface area contributed by atoms with E-state index in [1.807, 2.05) is 29.4 Å². The number of carbonyl (C=O) groups is 2. The highest BCUT2D eigenvalue weighted by Crippen LogP contribution is 2.21. The molecule has 3 heterocycles. The summed E-state index contributed by atoms with van der Waals surface area (Å²) in [5.74, 6) is 0.0127. The Hall–Kier alpha value is -2.21. The molecule has 2 amide bonds. The third-order valence-electron chi connectivity index (χ3n) is 5.06. The van der Waals surface area contributed by atoms with Crippen LogP contribution in [0.2, 0.25) is 0 Å². The Morgan fingerprint density at radius 2 is 1.96 bits per heavy atom. The minimum Gasteiger partial charge on any atom is -0.340 e. The van der Waals surface area contributed by atoms with Gasteiger partial charge in [-0.3, -0.25) is 19.5 Å². The summed E-state index contributed by atoms with van der Waals surface area (Å²) in [7, 11) is 0. The average molecular weight is 342 g/mol. The first kappa shape index (κ1) is 17.6. The van der Waals surface area contributed by atoms with Crippen molar-refractivity contribution in [3.8, 4) is 0 Å². The second-order valence-electron chi connectivity index (χ2n) is 6.76. The van der Waals surface area contributed by atoms with Gasteiger partial charge in [-0.1, -0.05) is 6.08 Å². The van der Waals surface area contributed by atoms with E-state index in [9.17, 15) is 9.59 Å². The quantitative estimate of drug-likeness (QED) is 0.718. The molecule has 1 unspecified atom stereocenters. The highest BCUT2D eigenvalue weighted by Gasteiger charge is 2.36. The van der Waals surface area contributed by atoms with Crippen LogP contribution in [-0.4, -0.2) is 77.3 Å². The Bertz CT molecular complexity index is 611. The normalized spacial score (nSPS) is 21.6. The molecule has 2 aliphatic rings. The topological polar surface area (TPSA) is 56.8 Å². The first-order valence-electron chi connectivity index (χ1n) is 8.96. The van der Waals surface area contributed by atoms with Crippen LogP contribution in [0.5, 0.6) is 0 Å². The first-order valence-corrected chi connectivity index (χ1v) is 8.96. The molecule has 1 aromatic rings. The van der Waals surface area contributed by atoms with Crippen LogP contribution in [0.3, 0.4) is 0 Å². The zero-order valence-corrected chi connectivity index (χ0v) is 14.6. The number of nitrogens with zero attached hydrogens (tertiary/aromatic N) is 4. The number of hydrogen-bond donors (Lipinski definition) is 0. The average Bonchev–Trinajstić information content (AvgIpc) is 3.02. The van der Waals surface area contributed by atoms with Crippen molar-refractivity contribution in [1.29, 1.82) is 0 Å². The Labute approximate surface area is 149 Å². The second-order valence-corrected chi connectivity index (χ2v) is 6.76. The number of likely N-dealkylation sites (tertiary alicyclic amines) is 1. The lowest BCUT2D eigenvalue weighted by Crippen LogP contribution is -2.51. The van der Waals surface area contributed by atoms with Crippen molar-refractivity contribution in [1.82, 2.24) is 19.7 Å². The molecule has 2 aliphatic heterocycles. The zero-order chi connectivity index (χ0) is 17.6. The largest absolute Gasteiger partial charge is 0.340 e. The maximum absolute atomic E-state index is 12.7. The number of amides is 2. The van der Waals surface area contributed by atoms with E-state index < -0.39 is 0 Å². The number of rotatable bonds is 6. The van der Waals surface area contributed by atoms with Crippen molar-refractivity contribution in [3.63, 3.8) is 0 Å². The fourth-order valence-electron chi connectivity index (χ4n) is 3.56. The predicted molar refractivity (Wildman–Crippen MR) is 95.8 cm³/mol. The molecule has 6 heteroatoms. The summed E-state index contributed by atoms with van der Waals surface area (Å²) in [5.41, 5.74) is 1.29. The van der Waals surface area contributed by atoms with Gasteiger partial charge in [-0.15, -0.1) is 6.58 Å². The molecule has 0 spiro atoms. The molecule has 0 aromatic carbocycles.